The van der Waals surface area contributed by atoms with Crippen LogP contribution in [-0.2, 0) is 20.5 Å². The second kappa shape index (κ2) is 7.93. The lowest BCUT2D eigenvalue weighted by Crippen LogP contribution is -2.39. The largest absolute Gasteiger partial charge is 0.485 e. The Morgan fingerprint density at radius 3 is 2.68 bits per heavy atom. The number of carbonyl (C=O) groups excluding carboxylic acids is 2. The maximum absolute atomic E-state index is 12.6. The number of anilines is 1. The molecule has 148 valence electrons. The van der Waals surface area contributed by atoms with Gasteiger partial charge in [-0.25, -0.2) is 9.78 Å². The minimum atomic E-state index is -4.62. The van der Waals surface area contributed by atoms with E-state index in [1.54, 1.807) is 24.3 Å². The average Bonchev–Trinajstić information content (AvgIpc) is 2.66. The Morgan fingerprint density at radius 2 is 2.00 bits per heavy atom. The van der Waals surface area contributed by atoms with Crippen LogP contribution >= 0.6 is 11.6 Å². The zero-order valence-corrected chi connectivity index (χ0v) is 14.7. The third kappa shape index (κ3) is 4.63. The topological polar surface area (TPSA) is 86.8 Å². The first-order chi connectivity index (χ1) is 13.2. The number of carbonyl (C=O) groups is 2. The van der Waals surface area contributed by atoms with Crippen molar-refractivity contribution in [1.29, 1.82) is 0 Å². The zero-order chi connectivity index (χ0) is 20.3. The van der Waals surface area contributed by atoms with Crippen LogP contribution in [0.5, 0.6) is 11.5 Å². The summed E-state index contributed by atoms with van der Waals surface area (Å²) in [5.41, 5.74) is -1.06. The van der Waals surface area contributed by atoms with Gasteiger partial charge in [0.05, 0.1) is 10.6 Å². The molecule has 0 bridgehead atoms. The highest BCUT2D eigenvalue weighted by Gasteiger charge is 2.32. The maximum atomic E-state index is 12.6. The van der Waals surface area contributed by atoms with E-state index in [0.717, 1.165) is 0 Å². The van der Waals surface area contributed by atoms with E-state index >= 15 is 0 Å². The highest BCUT2D eigenvalue weighted by Crippen LogP contribution is 2.32. The minimum absolute atomic E-state index is 0.0935. The Kier molecular flexibility index (Phi) is 5.59. The van der Waals surface area contributed by atoms with Crippen LogP contribution in [0.1, 0.15) is 5.56 Å². The fourth-order valence-electron chi connectivity index (χ4n) is 2.22. The summed E-state index contributed by atoms with van der Waals surface area (Å²) < 4.78 is 53.4. The van der Waals surface area contributed by atoms with Gasteiger partial charge in [0, 0.05) is 6.20 Å². The zero-order valence-electron chi connectivity index (χ0n) is 14.0. The van der Waals surface area contributed by atoms with Crippen molar-refractivity contribution in [2.45, 2.75) is 12.3 Å². The Balaban J connectivity index is 1.53. The Hall–Kier alpha value is -3.01. The quantitative estimate of drug-likeness (QED) is 0.771. The van der Waals surface area contributed by atoms with Crippen LogP contribution in [0, 0.1) is 0 Å². The fraction of sp³-hybridized carbons (Fsp3) is 0.235. The number of hydrogen-bond donors (Lipinski definition) is 1. The van der Waals surface area contributed by atoms with Gasteiger partial charge < -0.3 is 19.5 Å². The molecule has 0 spiro atoms. The van der Waals surface area contributed by atoms with Gasteiger partial charge in [0.2, 0.25) is 6.10 Å². The molecule has 2 aromatic rings. The first-order valence-electron chi connectivity index (χ1n) is 7.82. The molecule has 1 aromatic heterocycles. The van der Waals surface area contributed by atoms with Crippen LogP contribution in [0.15, 0.2) is 36.5 Å². The number of pyridine rings is 1. The molecular weight excluding hydrogens is 405 g/mol. The van der Waals surface area contributed by atoms with E-state index in [-0.39, 0.29) is 12.4 Å². The summed E-state index contributed by atoms with van der Waals surface area (Å²) in [6.07, 6.45) is -5.15. The Morgan fingerprint density at radius 1 is 1.29 bits per heavy atom. The number of benzene rings is 1. The maximum Gasteiger partial charge on any atom is 0.417 e. The number of fused-ring (bicyclic) bond motifs is 1. The summed E-state index contributed by atoms with van der Waals surface area (Å²) in [6, 6.07) is 7.35. The molecular formula is C17H12ClF3N2O5. The fourth-order valence-corrected chi connectivity index (χ4v) is 2.43. The molecule has 1 amide bonds. The van der Waals surface area contributed by atoms with Crippen molar-refractivity contribution in [3.05, 3.63) is 47.1 Å². The van der Waals surface area contributed by atoms with E-state index < -0.39 is 41.3 Å². The highest BCUT2D eigenvalue weighted by molar-refractivity contribution is 6.33. The number of rotatable bonds is 4. The second-order valence-electron chi connectivity index (χ2n) is 5.57. The van der Waals surface area contributed by atoms with E-state index in [4.69, 9.17) is 25.8 Å². The van der Waals surface area contributed by atoms with Gasteiger partial charge in [0.1, 0.15) is 6.61 Å². The molecule has 1 aliphatic heterocycles. The standard InChI is InChI=1S/C17H12ClF3N2O5/c18-10-5-9(17(19,20)21)6-22-15(10)23-14(24)8-27-16(25)13-7-26-11-3-1-2-4-12(11)28-13/h1-6,13H,7-8H2,(H,22,23,24). The minimum Gasteiger partial charge on any atom is -0.485 e. The molecule has 0 fully saturated rings. The molecule has 0 aliphatic carbocycles. The number of hydrogen-bond acceptors (Lipinski definition) is 6. The first kappa shape index (κ1) is 19.7. The molecule has 0 radical (unpaired) electrons. The summed E-state index contributed by atoms with van der Waals surface area (Å²) in [5.74, 6) is -1.12. The molecule has 3 rings (SSSR count). The lowest BCUT2D eigenvalue weighted by atomic mass is 10.2. The van der Waals surface area contributed by atoms with Gasteiger partial charge in [0.25, 0.3) is 5.91 Å². The van der Waals surface area contributed by atoms with Gasteiger partial charge in [-0.05, 0) is 18.2 Å². The summed E-state index contributed by atoms with van der Waals surface area (Å²) in [5, 5.41) is 1.76. The lowest BCUT2D eigenvalue weighted by molar-refractivity contribution is -0.156. The number of ether oxygens (including phenoxy) is 3. The number of esters is 1. The molecule has 0 saturated heterocycles. The van der Waals surface area contributed by atoms with Crippen LogP contribution in [0.2, 0.25) is 5.02 Å². The van der Waals surface area contributed by atoms with Gasteiger partial charge in [-0.3, -0.25) is 4.79 Å². The molecule has 1 aromatic carbocycles. The van der Waals surface area contributed by atoms with Crippen LogP contribution in [-0.4, -0.2) is 36.2 Å². The summed E-state index contributed by atoms with van der Waals surface area (Å²) >= 11 is 5.69. The number of alkyl halides is 3. The summed E-state index contributed by atoms with van der Waals surface area (Å²) in [6.45, 7) is -0.802. The smallest absolute Gasteiger partial charge is 0.417 e. The number of para-hydroxylation sites is 2. The SMILES string of the molecule is O=C(COC(=O)C1COc2ccccc2O1)Nc1ncc(C(F)(F)F)cc1Cl. The van der Waals surface area contributed by atoms with E-state index in [0.29, 0.717) is 23.8 Å². The van der Waals surface area contributed by atoms with E-state index in [2.05, 4.69) is 10.3 Å². The van der Waals surface area contributed by atoms with E-state index in [1.807, 2.05) is 0 Å². The predicted molar refractivity (Wildman–Crippen MR) is 90.2 cm³/mol. The van der Waals surface area contributed by atoms with Crippen LogP contribution in [0.3, 0.4) is 0 Å². The van der Waals surface area contributed by atoms with Crippen LogP contribution in [0.25, 0.3) is 0 Å². The Labute approximate surface area is 161 Å². The van der Waals surface area contributed by atoms with Crippen LogP contribution < -0.4 is 14.8 Å². The molecule has 11 heteroatoms. The monoisotopic (exact) mass is 416 g/mol. The lowest BCUT2D eigenvalue weighted by Gasteiger charge is -2.24. The Bertz CT molecular complexity index is 907. The summed E-state index contributed by atoms with van der Waals surface area (Å²) in [4.78, 5) is 27.3. The second-order valence-corrected chi connectivity index (χ2v) is 5.98. The molecule has 1 unspecified atom stereocenters. The molecule has 1 aliphatic rings. The molecule has 7 nitrogen and oxygen atoms in total. The number of amides is 1. The third-order valence-corrected chi connectivity index (χ3v) is 3.83. The van der Waals surface area contributed by atoms with Crippen molar-refractivity contribution in [3.8, 4) is 11.5 Å². The molecule has 28 heavy (non-hydrogen) atoms. The number of halogens is 4. The number of nitrogens with zero attached hydrogens (tertiary/aromatic N) is 1. The van der Waals surface area contributed by atoms with Crippen molar-refractivity contribution in [1.82, 2.24) is 4.98 Å². The summed E-state index contributed by atoms with van der Waals surface area (Å²) in [7, 11) is 0. The number of nitrogens with one attached hydrogen (secondary N) is 1. The highest BCUT2D eigenvalue weighted by atomic mass is 35.5. The van der Waals surface area contributed by atoms with Crippen molar-refractivity contribution in [3.63, 3.8) is 0 Å². The van der Waals surface area contributed by atoms with Gasteiger partial charge in [-0.1, -0.05) is 23.7 Å². The van der Waals surface area contributed by atoms with Gasteiger partial charge in [0.15, 0.2) is 23.9 Å². The van der Waals surface area contributed by atoms with Gasteiger partial charge in [-0.2, -0.15) is 13.2 Å². The van der Waals surface area contributed by atoms with E-state index in [9.17, 15) is 22.8 Å². The average molecular weight is 417 g/mol. The normalized spacial score (nSPS) is 15.6. The van der Waals surface area contributed by atoms with Crippen molar-refractivity contribution < 1.29 is 37.0 Å². The first-order valence-corrected chi connectivity index (χ1v) is 8.19. The molecule has 1 atom stereocenters. The molecule has 2 heterocycles. The van der Waals surface area contributed by atoms with Gasteiger partial charge in [-0.15, -0.1) is 0 Å². The van der Waals surface area contributed by atoms with Crippen molar-refractivity contribution in [2.75, 3.05) is 18.5 Å². The van der Waals surface area contributed by atoms with Crippen molar-refractivity contribution >= 4 is 29.3 Å². The number of aromatic nitrogens is 1. The predicted octanol–water partition coefficient (Wildman–Crippen LogP) is 3.08. The van der Waals surface area contributed by atoms with Crippen LogP contribution in [0.4, 0.5) is 19.0 Å². The molecule has 1 N–H and O–H groups in total. The van der Waals surface area contributed by atoms with Crippen molar-refractivity contribution in [2.24, 2.45) is 0 Å². The molecule has 0 saturated carbocycles. The van der Waals surface area contributed by atoms with Gasteiger partial charge >= 0.3 is 12.1 Å². The van der Waals surface area contributed by atoms with E-state index in [1.165, 1.54) is 0 Å². The third-order valence-electron chi connectivity index (χ3n) is 3.54.